The van der Waals surface area contributed by atoms with Gasteiger partial charge in [-0.25, -0.2) is 9.48 Å². The summed E-state index contributed by atoms with van der Waals surface area (Å²) in [7, 11) is 4.05. The predicted octanol–water partition coefficient (Wildman–Crippen LogP) is 2.69. The molecule has 1 amide bonds. The van der Waals surface area contributed by atoms with Crippen molar-refractivity contribution in [3.63, 3.8) is 0 Å². The van der Waals surface area contributed by atoms with E-state index in [-0.39, 0.29) is 5.41 Å². The molecule has 2 N–H and O–H groups in total. The van der Waals surface area contributed by atoms with Crippen LogP contribution in [-0.2, 0) is 12.0 Å². The zero-order chi connectivity index (χ0) is 17.2. The fourth-order valence-corrected chi connectivity index (χ4v) is 2.20. The minimum absolute atomic E-state index is 0.161. The molecule has 0 aliphatic heterocycles. The fraction of sp³-hybridized carbons (Fsp3) is 0.412. The summed E-state index contributed by atoms with van der Waals surface area (Å²) >= 11 is 0. The van der Waals surface area contributed by atoms with Gasteiger partial charge in [0.2, 0.25) is 5.88 Å². The van der Waals surface area contributed by atoms with Crippen LogP contribution in [0.15, 0.2) is 30.3 Å². The monoisotopic (exact) mass is 316 g/mol. The molecule has 1 heterocycles. The van der Waals surface area contributed by atoms with Crippen LogP contribution < -0.4 is 10.5 Å². The maximum atomic E-state index is 11.1. The summed E-state index contributed by atoms with van der Waals surface area (Å²) in [6.45, 7) is 7.01. The van der Waals surface area contributed by atoms with Crippen molar-refractivity contribution in [2.24, 2.45) is 5.73 Å². The van der Waals surface area contributed by atoms with Gasteiger partial charge in [-0.15, -0.1) is 0 Å². The van der Waals surface area contributed by atoms with E-state index >= 15 is 0 Å². The Morgan fingerprint density at radius 3 is 2.35 bits per heavy atom. The van der Waals surface area contributed by atoms with Gasteiger partial charge >= 0.3 is 6.09 Å². The molecule has 2 aromatic rings. The number of hydrogen-bond acceptors (Lipinski definition) is 4. The number of rotatable bonds is 4. The smallest absolute Gasteiger partial charge is 0.391 e. The summed E-state index contributed by atoms with van der Waals surface area (Å²) in [6.07, 6.45) is -0.851. The first-order valence-corrected chi connectivity index (χ1v) is 7.48. The lowest BCUT2D eigenvalue weighted by Gasteiger charge is -2.14. The van der Waals surface area contributed by atoms with Crippen molar-refractivity contribution in [3.05, 3.63) is 41.6 Å². The van der Waals surface area contributed by atoms with Crippen molar-refractivity contribution in [3.8, 4) is 11.6 Å². The van der Waals surface area contributed by atoms with Crippen molar-refractivity contribution in [2.45, 2.75) is 32.7 Å². The Morgan fingerprint density at radius 2 is 1.87 bits per heavy atom. The van der Waals surface area contributed by atoms with E-state index in [1.54, 1.807) is 10.7 Å². The number of carbonyl (C=O) groups is 1. The third kappa shape index (κ3) is 4.32. The van der Waals surface area contributed by atoms with Gasteiger partial charge in [0.15, 0.2) is 0 Å². The van der Waals surface area contributed by atoms with Crippen LogP contribution in [0.3, 0.4) is 0 Å². The predicted molar refractivity (Wildman–Crippen MR) is 89.9 cm³/mol. The molecule has 6 nitrogen and oxygen atoms in total. The first kappa shape index (κ1) is 17.0. The van der Waals surface area contributed by atoms with Gasteiger partial charge < -0.3 is 15.4 Å². The van der Waals surface area contributed by atoms with Gasteiger partial charge in [0.05, 0.1) is 11.4 Å². The van der Waals surface area contributed by atoms with Crippen LogP contribution in [0.4, 0.5) is 4.79 Å². The van der Waals surface area contributed by atoms with Gasteiger partial charge in [0, 0.05) is 18.0 Å². The topological polar surface area (TPSA) is 73.4 Å². The number of benzene rings is 1. The summed E-state index contributed by atoms with van der Waals surface area (Å²) in [4.78, 5) is 13.2. The molecule has 0 radical (unpaired) electrons. The molecule has 0 aliphatic rings. The summed E-state index contributed by atoms with van der Waals surface area (Å²) in [5.41, 5.74) is 7.84. The Hall–Kier alpha value is -2.34. The number of nitrogens with zero attached hydrogens (tertiary/aromatic N) is 3. The second-order valence-corrected chi connectivity index (χ2v) is 6.85. The number of ether oxygens (including phenoxy) is 1. The van der Waals surface area contributed by atoms with Crippen molar-refractivity contribution >= 4 is 6.09 Å². The zero-order valence-electron chi connectivity index (χ0n) is 14.3. The summed E-state index contributed by atoms with van der Waals surface area (Å²) < 4.78 is 6.70. The standard InChI is InChI=1S/C17H24N4O2/c1-17(2,3)14-10-15(23-16(18)22)21(19-14)13-8-6-12(7-9-13)11-20(4)5/h6-10H,11H2,1-5H3,(H2,18,22). The molecular weight excluding hydrogens is 292 g/mol. The van der Waals surface area contributed by atoms with Crippen LogP contribution in [-0.4, -0.2) is 34.9 Å². The molecule has 0 aliphatic carbocycles. The van der Waals surface area contributed by atoms with Crippen molar-refractivity contribution in [1.82, 2.24) is 14.7 Å². The molecule has 0 spiro atoms. The number of nitrogens with two attached hydrogens (primary N) is 1. The van der Waals surface area contributed by atoms with Gasteiger partial charge in [-0.1, -0.05) is 32.9 Å². The summed E-state index contributed by atoms with van der Waals surface area (Å²) in [5.74, 6) is 0.322. The Bertz CT molecular complexity index is 682. The van der Waals surface area contributed by atoms with E-state index in [4.69, 9.17) is 10.5 Å². The molecular formula is C17H24N4O2. The maximum Gasteiger partial charge on any atom is 0.411 e. The lowest BCUT2D eigenvalue weighted by molar-refractivity contribution is 0.207. The number of aromatic nitrogens is 2. The fourth-order valence-electron chi connectivity index (χ4n) is 2.20. The largest absolute Gasteiger partial charge is 0.411 e. The van der Waals surface area contributed by atoms with Crippen molar-refractivity contribution < 1.29 is 9.53 Å². The SMILES string of the molecule is CN(C)Cc1ccc(-n2nc(C(C)(C)C)cc2OC(N)=O)cc1. The minimum Gasteiger partial charge on any atom is -0.391 e. The van der Waals surface area contributed by atoms with Crippen LogP contribution in [0.5, 0.6) is 5.88 Å². The third-order valence-electron chi connectivity index (χ3n) is 3.33. The average Bonchev–Trinajstić information content (AvgIpc) is 2.82. The van der Waals surface area contributed by atoms with E-state index in [2.05, 4.69) is 10.00 Å². The summed E-state index contributed by atoms with van der Waals surface area (Å²) in [6, 6.07) is 9.71. The van der Waals surface area contributed by atoms with Gasteiger partial charge in [-0.3, -0.25) is 0 Å². The van der Waals surface area contributed by atoms with Crippen molar-refractivity contribution in [1.29, 1.82) is 0 Å². The molecule has 2 rings (SSSR count). The van der Waals surface area contributed by atoms with Gasteiger partial charge in [-0.2, -0.15) is 5.10 Å². The van der Waals surface area contributed by atoms with Crippen LogP contribution in [0, 0.1) is 0 Å². The highest BCUT2D eigenvalue weighted by molar-refractivity contribution is 5.67. The van der Waals surface area contributed by atoms with E-state index in [0.717, 1.165) is 17.9 Å². The lowest BCUT2D eigenvalue weighted by atomic mass is 9.93. The Balaban J connectivity index is 2.40. The maximum absolute atomic E-state index is 11.1. The van der Waals surface area contributed by atoms with Gasteiger partial charge in [-0.05, 0) is 31.8 Å². The number of primary amides is 1. The number of hydrogen-bond donors (Lipinski definition) is 1. The molecule has 1 aromatic heterocycles. The molecule has 124 valence electrons. The van der Waals surface area contributed by atoms with Crippen LogP contribution in [0.25, 0.3) is 5.69 Å². The molecule has 1 aromatic carbocycles. The molecule has 0 saturated carbocycles. The van der Waals surface area contributed by atoms with E-state index < -0.39 is 6.09 Å². The highest BCUT2D eigenvalue weighted by Gasteiger charge is 2.22. The third-order valence-corrected chi connectivity index (χ3v) is 3.33. The van der Waals surface area contributed by atoms with Crippen LogP contribution >= 0.6 is 0 Å². The van der Waals surface area contributed by atoms with Crippen molar-refractivity contribution in [2.75, 3.05) is 14.1 Å². The molecule has 0 unspecified atom stereocenters. The van der Waals surface area contributed by atoms with E-state index in [0.29, 0.717) is 5.88 Å². The molecule has 0 bridgehead atoms. The van der Waals surface area contributed by atoms with Gasteiger partial charge in [0.25, 0.3) is 0 Å². The number of carbonyl (C=O) groups excluding carboxylic acids is 1. The molecule has 6 heteroatoms. The second kappa shape index (κ2) is 6.42. The Kier molecular flexibility index (Phi) is 4.75. The van der Waals surface area contributed by atoms with E-state index in [1.807, 2.05) is 59.1 Å². The molecule has 23 heavy (non-hydrogen) atoms. The highest BCUT2D eigenvalue weighted by atomic mass is 16.6. The van der Waals surface area contributed by atoms with Crippen LogP contribution in [0.1, 0.15) is 32.0 Å². The van der Waals surface area contributed by atoms with Crippen LogP contribution in [0.2, 0.25) is 0 Å². The molecule has 0 fully saturated rings. The highest BCUT2D eigenvalue weighted by Crippen LogP contribution is 2.27. The first-order valence-electron chi connectivity index (χ1n) is 7.48. The minimum atomic E-state index is -0.851. The number of amides is 1. The zero-order valence-corrected chi connectivity index (χ0v) is 14.3. The second-order valence-electron chi connectivity index (χ2n) is 6.85. The van der Waals surface area contributed by atoms with E-state index in [9.17, 15) is 4.79 Å². The average molecular weight is 316 g/mol. The Labute approximate surface area is 136 Å². The summed E-state index contributed by atoms with van der Waals surface area (Å²) in [5, 5.41) is 4.57. The van der Waals surface area contributed by atoms with Gasteiger partial charge in [0.1, 0.15) is 0 Å². The molecule has 0 saturated heterocycles. The molecule has 0 atom stereocenters. The first-order chi connectivity index (χ1) is 10.7. The quantitative estimate of drug-likeness (QED) is 0.941. The Morgan fingerprint density at radius 1 is 1.26 bits per heavy atom. The normalized spacial score (nSPS) is 11.7. The van der Waals surface area contributed by atoms with E-state index in [1.165, 1.54) is 5.56 Å². The lowest BCUT2D eigenvalue weighted by Crippen LogP contribution is -2.18.